The predicted molar refractivity (Wildman–Crippen MR) is 120 cm³/mol. The second-order valence-electron chi connectivity index (χ2n) is 10.6. The van der Waals surface area contributed by atoms with E-state index in [1.54, 1.807) is 5.56 Å². The molecular weight excluding hydrogens is 360 g/mol. The minimum atomic E-state index is 0.238. The van der Waals surface area contributed by atoms with Crippen LogP contribution in [0.3, 0.4) is 0 Å². The summed E-state index contributed by atoms with van der Waals surface area (Å²) in [5, 5.41) is 3.87. The highest BCUT2D eigenvalue weighted by Gasteiger charge is 2.62. The molecule has 0 heterocycles. The smallest absolute Gasteiger partial charge is 0.0818 e. The van der Waals surface area contributed by atoms with Gasteiger partial charge in [-0.15, -0.1) is 0 Å². The van der Waals surface area contributed by atoms with Gasteiger partial charge in [0.2, 0.25) is 0 Å². The first-order chi connectivity index (χ1) is 13.5. The number of rotatable bonds is 4. The normalized spacial score (nSPS) is 44.4. The average Bonchev–Trinajstić information content (AvgIpc) is 2.70. The van der Waals surface area contributed by atoms with Crippen LogP contribution in [0.25, 0.3) is 0 Å². The number of nitrogens with two attached hydrogens (primary N) is 1. The molecule has 28 heavy (non-hydrogen) atoms. The number of benzene rings is 1. The van der Waals surface area contributed by atoms with Gasteiger partial charge in [-0.05, 0) is 86.5 Å². The highest BCUT2D eigenvalue weighted by molar-refractivity contribution is 7.80. The van der Waals surface area contributed by atoms with Gasteiger partial charge in [-0.2, -0.15) is 0 Å². The molecule has 2 atom stereocenters. The maximum atomic E-state index is 6.19. The molecule has 3 heteroatoms. The van der Waals surface area contributed by atoms with Gasteiger partial charge < -0.3 is 11.1 Å². The Morgan fingerprint density at radius 3 is 2.29 bits per heavy atom. The summed E-state index contributed by atoms with van der Waals surface area (Å²) in [7, 11) is 0. The van der Waals surface area contributed by atoms with Crippen LogP contribution in [0.1, 0.15) is 76.7 Å². The summed E-state index contributed by atoms with van der Waals surface area (Å²) in [6.45, 7) is 2.41. The third-order valence-electron chi connectivity index (χ3n) is 8.95. The summed E-state index contributed by atoms with van der Waals surface area (Å²) in [4.78, 5) is 1.21. The summed E-state index contributed by atoms with van der Waals surface area (Å²) in [6.07, 6.45) is 12.7. The monoisotopic (exact) mass is 396 g/mol. The molecular formula is C25H36N2S. The lowest BCUT2D eigenvalue weighted by atomic mass is 9.40. The van der Waals surface area contributed by atoms with Gasteiger partial charge in [0.25, 0.3) is 0 Å². The highest BCUT2D eigenvalue weighted by Crippen LogP contribution is 2.68. The molecule has 4 bridgehead atoms. The van der Waals surface area contributed by atoms with Crippen LogP contribution in [0.2, 0.25) is 0 Å². The SMILES string of the molecule is CCC1C2CC3(C(=S)NC4CCC(N)CC4)CC1CC(c1ccccc1)(C2)C3. The Kier molecular flexibility index (Phi) is 4.83. The van der Waals surface area contributed by atoms with Gasteiger partial charge in [-0.1, -0.05) is 55.9 Å². The Bertz CT molecular complexity index is 705. The van der Waals surface area contributed by atoms with Gasteiger partial charge in [-0.25, -0.2) is 0 Å². The van der Waals surface area contributed by atoms with Crippen molar-refractivity contribution in [2.45, 2.75) is 88.6 Å². The molecule has 0 spiro atoms. The second kappa shape index (κ2) is 7.09. The van der Waals surface area contributed by atoms with E-state index in [0.717, 1.165) is 30.6 Å². The zero-order chi connectivity index (χ0) is 19.4. The molecule has 152 valence electrons. The van der Waals surface area contributed by atoms with Gasteiger partial charge in [0.1, 0.15) is 0 Å². The van der Waals surface area contributed by atoms with E-state index in [2.05, 4.69) is 42.6 Å². The van der Waals surface area contributed by atoms with Crippen molar-refractivity contribution >= 4 is 17.2 Å². The van der Waals surface area contributed by atoms with E-state index in [9.17, 15) is 0 Å². The van der Waals surface area contributed by atoms with Crippen molar-refractivity contribution in [3.8, 4) is 0 Å². The Morgan fingerprint density at radius 1 is 1.04 bits per heavy atom. The van der Waals surface area contributed by atoms with Gasteiger partial charge in [0.15, 0.2) is 0 Å². The lowest BCUT2D eigenvalue weighted by molar-refractivity contribution is -0.0823. The molecule has 5 aliphatic rings. The Hall–Kier alpha value is -0.930. The fourth-order valence-electron chi connectivity index (χ4n) is 7.91. The van der Waals surface area contributed by atoms with E-state index in [-0.39, 0.29) is 5.41 Å². The molecule has 0 amide bonds. The van der Waals surface area contributed by atoms with Crippen LogP contribution in [0.15, 0.2) is 30.3 Å². The molecule has 0 aromatic heterocycles. The van der Waals surface area contributed by atoms with E-state index >= 15 is 0 Å². The Morgan fingerprint density at radius 2 is 1.68 bits per heavy atom. The van der Waals surface area contributed by atoms with Crippen molar-refractivity contribution in [3.05, 3.63) is 35.9 Å². The van der Waals surface area contributed by atoms with E-state index in [1.807, 2.05) is 0 Å². The third kappa shape index (κ3) is 3.04. The molecule has 1 aromatic rings. The van der Waals surface area contributed by atoms with E-state index in [4.69, 9.17) is 18.0 Å². The fourth-order valence-corrected chi connectivity index (χ4v) is 8.31. The zero-order valence-electron chi connectivity index (χ0n) is 17.3. The largest absolute Gasteiger partial charge is 0.376 e. The summed E-state index contributed by atoms with van der Waals surface area (Å²) >= 11 is 6.19. The number of nitrogens with one attached hydrogen (secondary N) is 1. The summed E-state index contributed by atoms with van der Waals surface area (Å²) in [5.41, 5.74) is 8.30. The van der Waals surface area contributed by atoms with Crippen LogP contribution in [0.4, 0.5) is 0 Å². The quantitative estimate of drug-likeness (QED) is 0.674. The molecule has 6 rings (SSSR count). The number of hydrogen-bond acceptors (Lipinski definition) is 2. The first kappa shape index (κ1) is 19.1. The molecule has 2 unspecified atom stereocenters. The molecule has 0 aliphatic heterocycles. The van der Waals surface area contributed by atoms with Crippen LogP contribution >= 0.6 is 12.2 Å². The first-order valence-electron chi connectivity index (χ1n) is 11.7. The van der Waals surface area contributed by atoms with Crippen LogP contribution in [0.5, 0.6) is 0 Å². The maximum Gasteiger partial charge on any atom is 0.0818 e. The van der Waals surface area contributed by atoms with Crippen molar-refractivity contribution in [1.82, 2.24) is 5.32 Å². The molecule has 5 aliphatic carbocycles. The highest BCUT2D eigenvalue weighted by atomic mass is 32.1. The van der Waals surface area contributed by atoms with Crippen LogP contribution in [0, 0.1) is 23.2 Å². The standard InChI is InChI=1S/C25H36N2S/c1-2-22-17-12-24(19-6-4-3-5-7-19)13-18(22)15-25(14-17,16-24)23(28)27-21-10-8-20(26)9-11-21/h3-7,17-18,20-22H,2,8-16,26H2,1H3,(H,27,28). The van der Waals surface area contributed by atoms with E-state index in [1.165, 1.54) is 56.4 Å². The van der Waals surface area contributed by atoms with Crippen LogP contribution < -0.4 is 11.1 Å². The van der Waals surface area contributed by atoms with Crippen molar-refractivity contribution in [1.29, 1.82) is 0 Å². The van der Waals surface area contributed by atoms with E-state index < -0.39 is 0 Å². The van der Waals surface area contributed by atoms with Gasteiger partial charge >= 0.3 is 0 Å². The molecule has 2 nitrogen and oxygen atoms in total. The fraction of sp³-hybridized carbons (Fsp3) is 0.720. The molecule has 1 aromatic carbocycles. The van der Waals surface area contributed by atoms with Crippen molar-refractivity contribution in [2.24, 2.45) is 28.9 Å². The van der Waals surface area contributed by atoms with Crippen molar-refractivity contribution in [2.75, 3.05) is 0 Å². The second-order valence-corrected chi connectivity index (χ2v) is 11.0. The van der Waals surface area contributed by atoms with E-state index in [0.29, 0.717) is 17.5 Å². The predicted octanol–water partition coefficient (Wildman–Crippen LogP) is 5.35. The molecule has 0 radical (unpaired) electrons. The van der Waals surface area contributed by atoms with Crippen molar-refractivity contribution in [3.63, 3.8) is 0 Å². The summed E-state index contributed by atoms with van der Waals surface area (Å²) in [5.74, 6) is 2.62. The maximum absolute atomic E-state index is 6.19. The Balaban J connectivity index is 1.42. The third-order valence-corrected chi connectivity index (χ3v) is 9.50. The topological polar surface area (TPSA) is 38.0 Å². The van der Waals surface area contributed by atoms with Crippen LogP contribution in [-0.2, 0) is 5.41 Å². The number of hydrogen-bond donors (Lipinski definition) is 2. The average molecular weight is 397 g/mol. The minimum Gasteiger partial charge on any atom is -0.376 e. The number of thiocarbonyl (C=S) groups is 1. The van der Waals surface area contributed by atoms with Gasteiger partial charge in [0, 0.05) is 17.5 Å². The lowest BCUT2D eigenvalue weighted by Crippen LogP contribution is -2.62. The van der Waals surface area contributed by atoms with Crippen molar-refractivity contribution < 1.29 is 0 Å². The molecule has 5 saturated carbocycles. The zero-order valence-corrected chi connectivity index (χ0v) is 18.1. The summed E-state index contributed by atoms with van der Waals surface area (Å²) < 4.78 is 0. The summed E-state index contributed by atoms with van der Waals surface area (Å²) in [6, 6.07) is 12.4. The molecule has 3 N–H and O–H groups in total. The van der Waals surface area contributed by atoms with Crippen LogP contribution in [-0.4, -0.2) is 17.1 Å². The van der Waals surface area contributed by atoms with Gasteiger partial charge in [-0.3, -0.25) is 0 Å². The Labute approximate surface area is 176 Å². The molecule has 0 saturated heterocycles. The lowest BCUT2D eigenvalue weighted by Gasteiger charge is -2.65. The minimum absolute atomic E-state index is 0.238. The molecule has 5 fully saturated rings. The van der Waals surface area contributed by atoms with Gasteiger partial charge in [0.05, 0.1) is 4.99 Å². The first-order valence-corrected chi connectivity index (χ1v) is 12.1.